The topological polar surface area (TPSA) is 12.0 Å². The molecular weight excluding hydrogens is 226 g/mol. The van der Waals surface area contributed by atoms with E-state index in [0.29, 0.717) is 0 Å². The fraction of sp³-hybridized carbons (Fsp3) is 1.00. The Balaban J connectivity index is 2.40. The lowest BCUT2D eigenvalue weighted by atomic mass is 9.71. The summed E-state index contributed by atoms with van der Waals surface area (Å²) in [7, 11) is 0. The van der Waals surface area contributed by atoms with E-state index in [0.717, 1.165) is 24.3 Å². The van der Waals surface area contributed by atoms with Gasteiger partial charge < -0.3 is 5.32 Å². The second-order valence-corrected chi connectivity index (χ2v) is 6.56. The van der Waals surface area contributed by atoms with Crippen molar-refractivity contribution in [3.05, 3.63) is 0 Å². The summed E-state index contributed by atoms with van der Waals surface area (Å²) in [6.07, 6.45) is 11.0. The molecule has 0 radical (unpaired) electrons. The molecule has 0 aliphatic heterocycles. The van der Waals surface area contributed by atoms with Gasteiger partial charge in [0.1, 0.15) is 0 Å². The molecule has 1 aliphatic carbocycles. The Kier molecular flexibility index (Phi) is 8.38. The van der Waals surface area contributed by atoms with Crippen LogP contribution in [-0.2, 0) is 0 Å². The van der Waals surface area contributed by atoms with Crippen molar-refractivity contribution in [3.63, 3.8) is 0 Å². The van der Waals surface area contributed by atoms with Gasteiger partial charge in [-0.3, -0.25) is 0 Å². The summed E-state index contributed by atoms with van der Waals surface area (Å²) in [6, 6.07) is 0. The maximum Gasteiger partial charge on any atom is -0.00180 e. The predicted octanol–water partition coefficient (Wildman–Crippen LogP) is 4.18. The minimum absolute atomic E-state index is 0.954. The smallest absolute Gasteiger partial charge is 0.00180 e. The molecule has 3 unspecified atom stereocenters. The Morgan fingerprint density at radius 3 is 2.59 bits per heavy atom. The Morgan fingerprint density at radius 1 is 1.12 bits per heavy atom. The summed E-state index contributed by atoms with van der Waals surface area (Å²) in [5, 5.41) is 3.56. The molecule has 1 rings (SSSR count). The quantitative estimate of drug-likeness (QED) is 0.700. The van der Waals surface area contributed by atoms with E-state index in [1.807, 2.05) is 11.8 Å². The average molecular weight is 257 g/mol. The highest BCUT2D eigenvalue weighted by molar-refractivity contribution is 7.98. The third-order valence-electron chi connectivity index (χ3n) is 4.29. The molecule has 102 valence electrons. The van der Waals surface area contributed by atoms with Crippen LogP contribution in [0.15, 0.2) is 0 Å². The fourth-order valence-electron chi connectivity index (χ4n) is 3.32. The number of thioether (sulfide) groups is 1. The van der Waals surface area contributed by atoms with Gasteiger partial charge in [0, 0.05) is 0 Å². The number of rotatable bonds is 8. The van der Waals surface area contributed by atoms with Gasteiger partial charge in [-0.05, 0) is 62.1 Å². The first-order chi connectivity index (χ1) is 8.31. The molecule has 0 aromatic rings. The summed E-state index contributed by atoms with van der Waals surface area (Å²) in [6.45, 7) is 6.94. The Hall–Kier alpha value is 0.310. The van der Waals surface area contributed by atoms with Crippen molar-refractivity contribution < 1.29 is 0 Å². The van der Waals surface area contributed by atoms with Gasteiger partial charge in [0.25, 0.3) is 0 Å². The third-order valence-corrected chi connectivity index (χ3v) is 4.94. The number of hydrogen-bond acceptors (Lipinski definition) is 2. The molecule has 1 saturated carbocycles. The van der Waals surface area contributed by atoms with Crippen LogP contribution in [0, 0.1) is 17.8 Å². The molecule has 1 N–H and O–H groups in total. The van der Waals surface area contributed by atoms with Crippen LogP contribution in [0.25, 0.3) is 0 Å². The van der Waals surface area contributed by atoms with E-state index in [9.17, 15) is 0 Å². The highest BCUT2D eigenvalue weighted by Crippen LogP contribution is 2.38. The minimum Gasteiger partial charge on any atom is -0.317 e. The molecule has 3 atom stereocenters. The summed E-state index contributed by atoms with van der Waals surface area (Å²) < 4.78 is 0. The van der Waals surface area contributed by atoms with E-state index in [2.05, 4.69) is 25.4 Å². The van der Waals surface area contributed by atoms with E-state index in [-0.39, 0.29) is 0 Å². The van der Waals surface area contributed by atoms with Crippen LogP contribution < -0.4 is 5.32 Å². The largest absolute Gasteiger partial charge is 0.317 e. The van der Waals surface area contributed by atoms with Gasteiger partial charge in [-0.1, -0.05) is 33.1 Å². The molecule has 2 heteroatoms. The third kappa shape index (κ3) is 5.65. The average Bonchev–Trinajstić information content (AvgIpc) is 2.35. The van der Waals surface area contributed by atoms with Crippen molar-refractivity contribution in [3.8, 4) is 0 Å². The highest BCUT2D eigenvalue weighted by Gasteiger charge is 2.29. The van der Waals surface area contributed by atoms with Crippen LogP contribution >= 0.6 is 11.8 Å². The summed E-state index contributed by atoms with van der Waals surface area (Å²) in [4.78, 5) is 0. The normalized spacial score (nSPS) is 29.5. The SMILES string of the molecule is CCCC1CCC(CNCC)C(CCSC)C1. The molecule has 17 heavy (non-hydrogen) atoms. The van der Waals surface area contributed by atoms with Gasteiger partial charge in [-0.15, -0.1) is 0 Å². The zero-order chi connectivity index (χ0) is 12.5. The molecule has 1 nitrogen and oxygen atoms in total. The van der Waals surface area contributed by atoms with Crippen molar-refractivity contribution in [2.24, 2.45) is 17.8 Å². The highest BCUT2D eigenvalue weighted by atomic mass is 32.2. The van der Waals surface area contributed by atoms with E-state index in [1.165, 1.54) is 50.8 Å². The summed E-state index contributed by atoms with van der Waals surface area (Å²) in [5.41, 5.74) is 0. The van der Waals surface area contributed by atoms with Crippen LogP contribution in [0.3, 0.4) is 0 Å². The first kappa shape index (κ1) is 15.4. The molecule has 0 aromatic carbocycles. The molecule has 0 heterocycles. The van der Waals surface area contributed by atoms with Gasteiger partial charge in [0.15, 0.2) is 0 Å². The Labute approximate surface area is 113 Å². The molecule has 0 amide bonds. The van der Waals surface area contributed by atoms with Crippen molar-refractivity contribution in [1.82, 2.24) is 5.32 Å². The van der Waals surface area contributed by atoms with Gasteiger partial charge in [0.2, 0.25) is 0 Å². The molecule has 0 spiro atoms. The van der Waals surface area contributed by atoms with Crippen LogP contribution in [0.2, 0.25) is 0 Å². The summed E-state index contributed by atoms with van der Waals surface area (Å²) >= 11 is 2.02. The first-order valence-corrected chi connectivity index (χ1v) is 8.90. The lowest BCUT2D eigenvalue weighted by molar-refractivity contribution is 0.165. The molecular formula is C15H31NS. The maximum atomic E-state index is 3.56. The van der Waals surface area contributed by atoms with Crippen molar-refractivity contribution >= 4 is 11.8 Å². The van der Waals surface area contributed by atoms with Crippen LogP contribution in [0.4, 0.5) is 0 Å². The van der Waals surface area contributed by atoms with Gasteiger partial charge >= 0.3 is 0 Å². The van der Waals surface area contributed by atoms with Crippen molar-refractivity contribution in [1.29, 1.82) is 0 Å². The van der Waals surface area contributed by atoms with E-state index >= 15 is 0 Å². The fourth-order valence-corrected chi connectivity index (χ4v) is 3.85. The molecule has 1 fully saturated rings. The lowest BCUT2D eigenvalue weighted by Gasteiger charge is -2.36. The van der Waals surface area contributed by atoms with Crippen LogP contribution in [-0.4, -0.2) is 25.1 Å². The maximum absolute atomic E-state index is 3.56. The second-order valence-electron chi connectivity index (χ2n) is 5.58. The van der Waals surface area contributed by atoms with Gasteiger partial charge in [0.05, 0.1) is 0 Å². The lowest BCUT2D eigenvalue weighted by Crippen LogP contribution is -2.33. The van der Waals surface area contributed by atoms with Crippen LogP contribution in [0.1, 0.15) is 52.4 Å². The zero-order valence-corrected chi connectivity index (χ0v) is 12.8. The van der Waals surface area contributed by atoms with E-state index in [1.54, 1.807) is 0 Å². The first-order valence-electron chi connectivity index (χ1n) is 7.51. The Bertz CT molecular complexity index is 184. The van der Waals surface area contributed by atoms with Crippen molar-refractivity contribution in [2.45, 2.75) is 52.4 Å². The predicted molar refractivity (Wildman–Crippen MR) is 80.8 cm³/mol. The van der Waals surface area contributed by atoms with E-state index in [4.69, 9.17) is 0 Å². The standard InChI is InChI=1S/C15H31NS/c1-4-6-13-7-8-15(12-16-5-2)14(11-13)9-10-17-3/h13-16H,4-12H2,1-3H3. The second kappa shape index (κ2) is 9.27. The van der Waals surface area contributed by atoms with Gasteiger partial charge in [-0.2, -0.15) is 11.8 Å². The number of hydrogen-bond donors (Lipinski definition) is 1. The molecule has 1 aliphatic rings. The van der Waals surface area contributed by atoms with Crippen LogP contribution in [0.5, 0.6) is 0 Å². The van der Waals surface area contributed by atoms with E-state index < -0.39 is 0 Å². The zero-order valence-electron chi connectivity index (χ0n) is 12.0. The molecule has 0 aromatic heterocycles. The summed E-state index contributed by atoms with van der Waals surface area (Å²) in [5.74, 6) is 4.33. The number of nitrogens with one attached hydrogen (secondary N) is 1. The Morgan fingerprint density at radius 2 is 1.94 bits per heavy atom. The minimum atomic E-state index is 0.954. The van der Waals surface area contributed by atoms with Crippen molar-refractivity contribution in [2.75, 3.05) is 25.1 Å². The monoisotopic (exact) mass is 257 g/mol. The van der Waals surface area contributed by atoms with Gasteiger partial charge in [-0.25, -0.2) is 0 Å². The molecule has 0 bridgehead atoms. The molecule has 0 saturated heterocycles.